The van der Waals surface area contributed by atoms with Crippen molar-refractivity contribution in [3.05, 3.63) is 59.9 Å². The van der Waals surface area contributed by atoms with Gasteiger partial charge in [0, 0.05) is 25.2 Å². The topological polar surface area (TPSA) is 58.4 Å². The SMILES string of the molecule is CCC(C(=O)N1CCC(Nc2nc3cc(F)ccc3o2)CC1)c1ccccc1. The first-order chi connectivity index (χ1) is 13.6. The molecule has 0 spiro atoms. The Morgan fingerprint density at radius 1 is 1.25 bits per heavy atom. The maximum absolute atomic E-state index is 13.3. The molecule has 4 rings (SSSR count). The normalized spacial score (nSPS) is 16.3. The van der Waals surface area contributed by atoms with Crippen LogP contribution in [0.2, 0.25) is 0 Å². The van der Waals surface area contributed by atoms with Gasteiger partial charge in [-0.1, -0.05) is 37.3 Å². The molecule has 6 heteroatoms. The molecule has 3 aromatic rings. The minimum absolute atomic E-state index is 0.0855. The van der Waals surface area contributed by atoms with Crippen molar-refractivity contribution in [2.75, 3.05) is 18.4 Å². The second-order valence-corrected chi connectivity index (χ2v) is 7.25. The van der Waals surface area contributed by atoms with Gasteiger partial charge in [-0.2, -0.15) is 4.98 Å². The van der Waals surface area contributed by atoms with E-state index in [0.29, 0.717) is 30.2 Å². The van der Waals surface area contributed by atoms with Crippen LogP contribution in [0.4, 0.5) is 10.4 Å². The molecule has 1 N–H and O–H groups in total. The highest BCUT2D eigenvalue weighted by atomic mass is 19.1. The molecule has 0 radical (unpaired) electrons. The van der Waals surface area contributed by atoms with Gasteiger partial charge in [-0.05, 0) is 37.0 Å². The smallest absolute Gasteiger partial charge is 0.295 e. The highest BCUT2D eigenvalue weighted by Gasteiger charge is 2.28. The van der Waals surface area contributed by atoms with E-state index in [1.54, 1.807) is 6.07 Å². The number of hydrogen-bond acceptors (Lipinski definition) is 4. The molecular formula is C22H24FN3O2. The number of benzene rings is 2. The third-order valence-corrected chi connectivity index (χ3v) is 5.39. The Hall–Kier alpha value is -2.89. The lowest BCUT2D eigenvalue weighted by Gasteiger charge is -2.34. The van der Waals surface area contributed by atoms with Crippen LogP contribution in [0.25, 0.3) is 11.1 Å². The van der Waals surface area contributed by atoms with E-state index in [1.807, 2.05) is 35.2 Å². The van der Waals surface area contributed by atoms with Crippen LogP contribution >= 0.6 is 0 Å². The number of amides is 1. The quantitative estimate of drug-likeness (QED) is 0.704. The number of fused-ring (bicyclic) bond motifs is 1. The van der Waals surface area contributed by atoms with Gasteiger partial charge in [0.05, 0.1) is 5.92 Å². The number of rotatable bonds is 5. The van der Waals surface area contributed by atoms with Crippen molar-refractivity contribution < 1.29 is 13.6 Å². The van der Waals surface area contributed by atoms with Gasteiger partial charge in [0.25, 0.3) is 6.01 Å². The van der Waals surface area contributed by atoms with E-state index >= 15 is 0 Å². The number of aromatic nitrogens is 1. The number of nitrogens with zero attached hydrogens (tertiary/aromatic N) is 2. The van der Waals surface area contributed by atoms with Crippen molar-refractivity contribution >= 4 is 23.0 Å². The lowest BCUT2D eigenvalue weighted by molar-refractivity contribution is -0.133. The summed E-state index contributed by atoms with van der Waals surface area (Å²) in [5, 5.41) is 3.29. The number of oxazole rings is 1. The summed E-state index contributed by atoms with van der Waals surface area (Å²) >= 11 is 0. The zero-order valence-corrected chi connectivity index (χ0v) is 15.9. The minimum Gasteiger partial charge on any atom is -0.424 e. The Labute approximate surface area is 163 Å². The second kappa shape index (κ2) is 8.00. The first kappa shape index (κ1) is 18.5. The van der Waals surface area contributed by atoms with Crippen LogP contribution in [0.1, 0.15) is 37.7 Å². The Morgan fingerprint density at radius 3 is 2.71 bits per heavy atom. The number of hydrogen-bond donors (Lipinski definition) is 1. The zero-order chi connectivity index (χ0) is 19.5. The van der Waals surface area contributed by atoms with E-state index in [9.17, 15) is 9.18 Å². The molecule has 1 unspecified atom stereocenters. The molecule has 2 heterocycles. The minimum atomic E-state index is -0.330. The molecular weight excluding hydrogens is 357 g/mol. The van der Waals surface area contributed by atoms with Crippen molar-refractivity contribution in [3.63, 3.8) is 0 Å². The molecule has 2 aromatic carbocycles. The standard InChI is InChI=1S/C22H24FN3O2/c1-2-18(15-6-4-3-5-7-15)21(27)26-12-10-17(11-13-26)24-22-25-19-14-16(23)8-9-20(19)28-22/h3-9,14,17-18H,2,10-13H2,1H3,(H,24,25). The summed E-state index contributed by atoms with van der Waals surface area (Å²) in [5.74, 6) is -0.217. The summed E-state index contributed by atoms with van der Waals surface area (Å²) < 4.78 is 18.9. The van der Waals surface area contributed by atoms with Crippen LogP contribution < -0.4 is 5.32 Å². The van der Waals surface area contributed by atoms with E-state index in [0.717, 1.165) is 24.8 Å². The van der Waals surface area contributed by atoms with E-state index in [2.05, 4.69) is 17.2 Å². The van der Waals surface area contributed by atoms with Crippen LogP contribution in [0.15, 0.2) is 52.9 Å². The Bertz CT molecular complexity index is 949. The molecule has 1 aliphatic rings. The zero-order valence-electron chi connectivity index (χ0n) is 15.9. The van der Waals surface area contributed by atoms with Crippen molar-refractivity contribution in [1.82, 2.24) is 9.88 Å². The van der Waals surface area contributed by atoms with Gasteiger partial charge in [-0.25, -0.2) is 4.39 Å². The number of anilines is 1. The maximum Gasteiger partial charge on any atom is 0.295 e. The second-order valence-electron chi connectivity index (χ2n) is 7.25. The molecule has 28 heavy (non-hydrogen) atoms. The molecule has 0 aliphatic carbocycles. The van der Waals surface area contributed by atoms with Gasteiger partial charge in [0.2, 0.25) is 5.91 Å². The number of piperidine rings is 1. The summed E-state index contributed by atoms with van der Waals surface area (Å²) in [4.78, 5) is 19.2. The molecule has 146 valence electrons. The molecule has 1 aromatic heterocycles. The Balaban J connectivity index is 1.36. The number of likely N-dealkylation sites (tertiary alicyclic amines) is 1. The van der Waals surface area contributed by atoms with Gasteiger partial charge in [0.15, 0.2) is 5.58 Å². The average molecular weight is 381 g/mol. The molecule has 1 atom stereocenters. The summed E-state index contributed by atoms with van der Waals surface area (Å²) in [6.45, 7) is 3.46. The predicted molar refractivity (Wildman–Crippen MR) is 107 cm³/mol. The highest BCUT2D eigenvalue weighted by molar-refractivity contribution is 5.83. The Kier molecular flexibility index (Phi) is 5.28. The van der Waals surface area contributed by atoms with Crippen molar-refractivity contribution in [3.8, 4) is 0 Å². The third-order valence-electron chi connectivity index (χ3n) is 5.39. The van der Waals surface area contributed by atoms with Crippen LogP contribution in [-0.2, 0) is 4.79 Å². The van der Waals surface area contributed by atoms with E-state index in [1.165, 1.54) is 12.1 Å². The number of nitrogens with one attached hydrogen (secondary N) is 1. The molecule has 1 fully saturated rings. The lowest BCUT2D eigenvalue weighted by Crippen LogP contribution is -2.44. The Morgan fingerprint density at radius 2 is 2.00 bits per heavy atom. The fraction of sp³-hybridized carbons (Fsp3) is 0.364. The molecule has 0 saturated carbocycles. The highest BCUT2D eigenvalue weighted by Crippen LogP contribution is 2.26. The summed E-state index contributed by atoms with van der Waals surface area (Å²) in [5.41, 5.74) is 2.14. The maximum atomic E-state index is 13.3. The predicted octanol–water partition coefficient (Wildman–Crippen LogP) is 4.56. The van der Waals surface area contributed by atoms with Crippen molar-refractivity contribution in [1.29, 1.82) is 0 Å². The fourth-order valence-electron chi connectivity index (χ4n) is 3.84. The summed E-state index contributed by atoms with van der Waals surface area (Å²) in [7, 11) is 0. The molecule has 1 saturated heterocycles. The number of halogens is 1. The van der Waals surface area contributed by atoms with E-state index in [-0.39, 0.29) is 23.7 Å². The molecule has 5 nitrogen and oxygen atoms in total. The summed E-state index contributed by atoms with van der Waals surface area (Å²) in [6, 6.07) is 14.9. The monoisotopic (exact) mass is 381 g/mol. The van der Waals surface area contributed by atoms with Crippen LogP contribution in [0.5, 0.6) is 0 Å². The van der Waals surface area contributed by atoms with E-state index in [4.69, 9.17) is 4.42 Å². The largest absolute Gasteiger partial charge is 0.424 e. The van der Waals surface area contributed by atoms with Gasteiger partial charge in [-0.15, -0.1) is 0 Å². The van der Waals surface area contributed by atoms with Crippen LogP contribution in [0, 0.1) is 5.82 Å². The first-order valence-corrected chi connectivity index (χ1v) is 9.80. The summed E-state index contributed by atoms with van der Waals surface area (Å²) in [6.07, 6.45) is 2.44. The van der Waals surface area contributed by atoms with Gasteiger partial charge in [0.1, 0.15) is 11.3 Å². The van der Waals surface area contributed by atoms with Crippen molar-refractivity contribution in [2.45, 2.75) is 38.1 Å². The third kappa shape index (κ3) is 3.86. The van der Waals surface area contributed by atoms with Crippen molar-refractivity contribution in [2.24, 2.45) is 0 Å². The lowest BCUT2D eigenvalue weighted by atomic mass is 9.93. The molecule has 1 aliphatic heterocycles. The van der Waals surface area contributed by atoms with Crippen LogP contribution in [-0.4, -0.2) is 34.9 Å². The first-order valence-electron chi connectivity index (χ1n) is 9.80. The number of carbonyl (C=O) groups is 1. The van der Waals surface area contributed by atoms with Gasteiger partial charge < -0.3 is 14.6 Å². The number of carbonyl (C=O) groups excluding carboxylic acids is 1. The van der Waals surface area contributed by atoms with Crippen LogP contribution in [0.3, 0.4) is 0 Å². The van der Waals surface area contributed by atoms with E-state index < -0.39 is 0 Å². The molecule has 1 amide bonds. The fourth-order valence-corrected chi connectivity index (χ4v) is 3.84. The molecule has 0 bridgehead atoms. The van der Waals surface area contributed by atoms with Gasteiger partial charge in [-0.3, -0.25) is 4.79 Å². The van der Waals surface area contributed by atoms with Gasteiger partial charge >= 0.3 is 0 Å². The average Bonchev–Trinajstić information content (AvgIpc) is 3.11.